The van der Waals surface area contributed by atoms with Gasteiger partial charge in [-0.3, -0.25) is 0 Å². The Morgan fingerprint density at radius 1 is 1.17 bits per heavy atom. The van der Waals surface area contributed by atoms with E-state index < -0.39 is 9.24 Å². The zero-order valence-electron chi connectivity index (χ0n) is 12.5. The molecular formula is C16H17Cl2NO3S. The average molecular weight is 374 g/mol. The van der Waals surface area contributed by atoms with Crippen molar-refractivity contribution in [2.75, 3.05) is 0 Å². The highest BCUT2D eigenvalue weighted by molar-refractivity contribution is 8.12. The fraction of sp³-hybridized carbons (Fsp3) is 0.562. The van der Waals surface area contributed by atoms with Crippen LogP contribution in [0.1, 0.15) is 49.7 Å². The molecule has 1 aromatic carbocycles. The van der Waals surface area contributed by atoms with Crippen LogP contribution in [0.2, 0.25) is 5.02 Å². The van der Waals surface area contributed by atoms with Gasteiger partial charge >= 0.3 is 9.24 Å². The van der Waals surface area contributed by atoms with Crippen LogP contribution in [0.3, 0.4) is 0 Å². The molecule has 2 atom stereocenters. The normalized spacial score (nSPS) is 34.4. The lowest BCUT2D eigenvalue weighted by Crippen LogP contribution is -2.53. The van der Waals surface area contributed by atoms with Gasteiger partial charge in [0.15, 0.2) is 0 Å². The summed E-state index contributed by atoms with van der Waals surface area (Å²) in [4.78, 5) is 0. The van der Waals surface area contributed by atoms with Gasteiger partial charge in [-0.2, -0.15) is 8.42 Å². The lowest BCUT2D eigenvalue weighted by Gasteiger charge is -2.51. The van der Waals surface area contributed by atoms with Crippen molar-refractivity contribution in [3.8, 4) is 0 Å². The summed E-state index contributed by atoms with van der Waals surface area (Å²) in [5.74, 6) is 0.245. The first-order valence-corrected chi connectivity index (χ1v) is 10.5. The number of aryl methyl sites for hydroxylation is 1. The van der Waals surface area contributed by atoms with E-state index in [0.29, 0.717) is 11.4 Å². The SMILES string of the molecule is O=S(=O)(Cl)N=C1CC23CCCCC2(CCc2ccc(Cl)cc23)O1. The highest BCUT2D eigenvalue weighted by atomic mass is 35.7. The first-order chi connectivity index (χ1) is 10.8. The lowest BCUT2D eigenvalue weighted by molar-refractivity contribution is -0.0324. The third-order valence-electron chi connectivity index (χ3n) is 5.67. The largest absolute Gasteiger partial charge is 0.473 e. The Balaban J connectivity index is 1.90. The van der Waals surface area contributed by atoms with Crippen molar-refractivity contribution in [1.29, 1.82) is 0 Å². The van der Waals surface area contributed by atoms with Crippen LogP contribution >= 0.6 is 22.3 Å². The third-order valence-corrected chi connectivity index (χ3v) is 6.53. The van der Waals surface area contributed by atoms with Gasteiger partial charge in [0, 0.05) is 27.5 Å². The van der Waals surface area contributed by atoms with Crippen molar-refractivity contribution in [1.82, 2.24) is 0 Å². The predicted molar refractivity (Wildman–Crippen MR) is 90.6 cm³/mol. The number of benzene rings is 1. The van der Waals surface area contributed by atoms with Crippen LogP contribution < -0.4 is 0 Å². The maximum Gasteiger partial charge on any atom is 0.342 e. The first kappa shape index (κ1) is 15.7. The second-order valence-electron chi connectivity index (χ2n) is 6.76. The molecule has 4 rings (SSSR count). The Hall–Kier alpha value is -0.780. The molecule has 0 spiro atoms. The zero-order chi connectivity index (χ0) is 16.3. The van der Waals surface area contributed by atoms with Crippen molar-refractivity contribution < 1.29 is 13.2 Å². The molecule has 2 fully saturated rings. The molecule has 1 saturated heterocycles. The van der Waals surface area contributed by atoms with Gasteiger partial charge < -0.3 is 4.74 Å². The summed E-state index contributed by atoms with van der Waals surface area (Å²) in [6, 6.07) is 6.02. The molecule has 7 heteroatoms. The minimum Gasteiger partial charge on any atom is -0.473 e. The maximum atomic E-state index is 11.4. The van der Waals surface area contributed by atoms with Crippen LogP contribution in [0.25, 0.3) is 0 Å². The molecule has 0 bridgehead atoms. The van der Waals surface area contributed by atoms with E-state index in [0.717, 1.165) is 38.5 Å². The highest BCUT2D eigenvalue weighted by Crippen LogP contribution is 2.60. The standard InChI is InChI=1S/C16H17Cl2NO3S/c17-12-4-3-11-5-8-16-7-2-1-6-15(16,13(11)9-12)10-14(22-16)19-23(18,20)21/h3-4,9H,1-2,5-8,10H2. The fourth-order valence-corrected chi connectivity index (χ4v) is 5.58. The zero-order valence-corrected chi connectivity index (χ0v) is 14.8. The fourth-order valence-electron chi connectivity index (χ4n) is 4.83. The van der Waals surface area contributed by atoms with E-state index in [9.17, 15) is 8.42 Å². The molecule has 1 aromatic rings. The van der Waals surface area contributed by atoms with E-state index >= 15 is 0 Å². The molecule has 0 amide bonds. The van der Waals surface area contributed by atoms with Gasteiger partial charge in [-0.1, -0.05) is 24.1 Å². The summed E-state index contributed by atoms with van der Waals surface area (Å²) in [7, 11) is 1.34. The number of fused-ring (bicyclic) bond motifs is 1. The smallest absolute Gasteiger partial charge is 0.342 e. The van der Waals surface area contributed by atoms with E-state index in [4.69, 9.17) is 27.0 Å². The molecule has 124 valence electrons. The number of ether oxygens (including phenoxy) is 1. The summed E-state index contributed by atoms with van der Waals surface area (Å²) in [6.45, 7) is 0. The summed E-state index contributed by atoms with van der Waals surface area (Å²) >= 11 is 6.25. The first-order valence-electron chi connectivity index (χ1n) is 7.85. The average Bonchev–Trinajstić information content (AvgIpc) is 2.79. The van der Waals surface area contributed by atoms with E-state index in [2.05, 4.69) is 10.5 Å². The van der Waals surface area contributed by atoms with Crippen molar-refractivity contribution in [2.45, 2.75) is 56.0 Å². The van der Waals surface area contributed by atoms with Crippen LogP contribution in [-0.4, -0.2) is 19.9 Å². The van der Waals surface area contributed by atoms with E-state index in [1.807, 2.05) is 12.1 Å². The number of hydrogen-bond donors (Lipinski definition) is 0. The Morgan fingerprint density at radius 2 is 1.96 bits per heavy atom. The van der Waals surface area contributed by atoms with Crippen molar-refractivity contribution in [3.05, 3.63) is 34.3 Å². The lowest BCUT2D eigenvalue weighted by atomic mass is 9.54. The van der Waals surface area contributed by atoms with Crippen LogP contribution in [0.4, 0.5) is 0 Å². The van der Waals surface area contributed by atoms with Crippen LogP contribution in [-0.2, 0) is 25.8 Å². The quantitative estimate of drug-likeness (QED) is 0.695. The second kappa shape index (κ2) is 5.11. The van der Waals surface area contributed by atoms with Gasteiger partial charge in [0.1, 0.15) is 5.60 Å². The molecule has 2 aliphatic carbocycles. The summed E-state index contributed by atoms with van der Waals surface area (Å²) in [5, 5.41) is 0.704. The molecule has 0 radical (unpaired) electrons. The molecule has 0 aromatic heterocycles. The van der Waals surface area contributed by atoms with Gasteiger partial charge in [-0.25, -0.2) is 0 Å². The monoisotopic (exact) mass is 373 g/mol. The molecule has 23 heavy (non-hydrogen) atoms. The number of halogens is 2. The van der Waals surface area contributed by atoms with Crippen LogP contribution in [0, 0.1) is 0 Å². The highest BCUT2D eigenvalue weighted by Gasteiger charge is 2.63. The molecule has 1 heterocycles. The predicted octanol–water partition coefficient (Wildman–Crippen LogP) is 4.14. The van der Waals surface area contributed by atoms with Crippen LogP contribution in [0.5, 0.6) is 0 Å². The molecule has 2 unspecified atom stereocenters. The number of rotatable bonds is 1. The van der Waals surface area contributed by atoms with Crippen molar-refractivity contribution in [2.24, 2.45) is 4.40 Å². The molecule has 4 nitrogen and oxygen atoms in total. The van der Waals surface area contributed by atoms with Gasteiger partial charge in [0.25, 0.3) is 0 Å². The minimum atomic E-state index is -3.98. The van der Waals surface area contributed by atoms with Crippen LogP contribution in [0.15, 0.2) is 22.6 Å². The van der Waals surface area contributed by atoms with Crippen molar-refractivity contribution in [3.63, 3.8) is 0 Å². The topological polar surface area (TPSA) is 55.7 Å². The van der Waals surface area contributed by atoms with E-state index in [1.165, 1.54) is 11.1 Å². The molecule has 1 saturated carbocycles. The van der Waals surface area contributed by atoms with Gasteiger partial charge in [0.2, 0.25) is 5.90 Å². The Labute approximate surface area is 145 Å². The minimum absolute atomic E-state index is 0.232. The van der Waals surface area contributed by atoms with E-state index in [1.54, 1.807) is 0 Å². The van der Waals surface area contributed by atoms with E-state index in [-0.39, 0.29) is 16.9 Å². The summed E-state index contributed by atoms with van der Waals surface area (Å²) in [5.41, 5.74) is 1.88. The summed E-state index contributed by atoms with van der Waals surface area (Å²) in [6.07, 6.45) is 6.32. The molecule has 3 aliphatic rings. The Bertz CT molecular complexity index is 808. The third kappa shape index (κ3) is 2.39. The molecule has 1 aliphatic heterocycles. The Kier molecular flexibility index (Phi) is 3.49. The van der Waals surface area contributed by atoms with Gasteiger partial charge in [-0.15, -0.1) is 4.40 Å². The number of hydrogen-bond acceptors (Lipinski definition) is 3. The second-order valence-corrected chi connectivity index (χ2v) is 9.37. The van der Waals surface area contributed by atoms with Gasteiger partial charge in [0.05, 0.1) is 0 Å². The maximum absolute atomic E-state index is 11.4. The molecular weight excluding hydrogens is 357 g/mol. The summed E-state index contributed by atoms with van der Waals surface area (Å²) < 4.78 is 32.5. The molecule has 0 N–H and O–H groups in total. The number of nitrogens with zero attached hydrogens (tertiary/aromatic N) is 1. The Morgan fingerprint density at radius 3 is 2.74 bits per heavy atom. The van der Waals surface area contributed by atoms with Crippen molar-refractivity contribution >= 4 is 37.4 Å². The van der Waals surface area contributed by atoms with Gasteiger partial charge in [-0.05, 0) is 55.4 Å².